The molecule has 0 amide bonds. The summed E-state index contributed by atoms with van der Waals surface area (Å²) in [5, 5.41) is 12.2. The van der Waals surface area contributed by atoms with Gasteiger partial charge in [0.05, 0.1) is 6.10 Å². The average Bonchev–Trinajstić information content (AvgIpc) is 2.32. The van der Waals surface area contributed by atoms with E-state index in [9.17, 15) is 5.11 Å². The number of aliphatic hydroxyl groups is 1. The first-order chi connectivity index (χ1) is 8.97. The second kappa shape index (κ2) is 6.34. The van der Waals surface area contributed by atoms with E-state index in [0.717, 1.165) is 0 Å². The van der Waals surface area contributed by atoms with Crippen molar-refractivity contribution in [2.24, 2.45) is 0 Å². The molecule has 1 unspecified atom stereocenters. The van der Waals surface area contributed by atoms with Gasteiger partial charge in [-0.05, 0) is 41.5 Å². The third-order valence-corrected chi connectivity index (χ3v) is 3.87. The van der Waals surface area contributed by atoms with E-state index in [1.54, 1.807) is 36.4 Å². The van der Waals surface area contributed by atoms with E-state index in [1.807, 2.05) is 0 Å². The Morgan fingerprint density at radius 2 is 1.42 bits per heavy atom. The fraction of sp³-hybridized carbons (Fsp3) is 0.143. The van der Waals surface area contributed by atoms with Crippen molar-refractivity contribution in [2.75, 3.05) is 0 Å². The fourth-order valence-electron chi connectivity index (χ4n) is 1.81. The van der Waals surface area contributed by atoms with Crippen LogP contribution in [0.5, 0.6) is 0 Å². The minimum atomic E-state index is -0.770. The molecule has 0 bridgehead atoms. The number of aliphatic hydroxyl groups excluding tert-OH is 1. The first-order valence-corrected chi connectivity index (χ1v) is 7.05. The number of halogens is 4. The van der Waals surface area contributed by atoms with Gasteiger partial charge in [0.2, 0.25) is 0 Å². The fourth-order valence-corrected chi connectivity index (χ4v) is 2.90. The number of benzene rings is 2. The summed E-state index contributed by atoms with van der Waals surface area (Å²) in [6.45, 7) is 0. The second-order valence-corrected chi connectivity index (χ2v) is 5.81. The average molecular weight is 336 g/mol. The Labute approximate surface area is 131 Å². The molecule has 1 nitrogen and oxygen atoms in total. The Balaban J connectivity index is 2.28. The van der Waals surface area contributed by atoms with E-state index < -0.39 is 6.10 Å². The standard InChI is InChI=1S/C14H10Cl4O/c15-9-4-8(5-10(16)6-9)14(19)7-11-12(17)2-1-3-13(11)18/h1-6,14,19H,7H2. The molecular weight excluding hydrogens is 326 g/mol. The molecule has 19 heavy (non-hydrogen) atoms. The first-order valence-electron chi connectivity index (χ1n) is 5.54. The summed E-state index contributed by atoms with van der Waals surface area (Å²) in [6.07, 6.45) is -0.469. The molecule has 2 aromatic carbocycles. The molecule has 0 saturated heterocycles. The monoisotopic (exact) mass is 334 g/mol. The Kier molecular flexibility index (Phi) is 4.99. The van der Waals surface area contributed by atoms with Crippen LogP contribution in [0.1, 0.15) is 17.2 Å². The summed E-state index contributed by atoms with van der Waals surface area (Å²) in [5.41, 5.74) is 1.34. The molecule has 0 spiro atoms. The Morgan fingerprint density at radius 1 is 0.895 bits per heavy atom. The van der Waals surface area contributed by atoms with E-state index in [-0.39, 0.29) is 0 Å². The van der Waals surface area contributed by atoms with Gasteiger partial charge in [-0.15, -0.1) is 0 Å². The molecule has 1 atom stereocenters. The molecule has 2 rings (SSSR count). The van der Waals surface area contributed by atoms with Gasteiger partial charge < -0.3 is 5.11 Å². The van der Waals surface area contributed by atoms with Gasteiger partial charge >= 0.3 is 0 Å². The van der Waals surface area contributed by atoms with Gasteiger partial charge in [0, 0.05) is 26.5 Å². The van der Waals surface area contributed by atoms with Crippen LogP contribution in [-0.2, 0) is 6.42 Å². The van der Waals surface area contributed by atoms with E-state index in [1.165, 1.54) is 0 Å². The van der Waals surface area contributed by atoms with Crippen molar-refractivity contribution in [3.8, 4) is 0 Å². The molecule has 0 radical (unpaired) electrons. The van der Waals surface area contributed by atoms with Crippen LogP contribution < -0.4 is 0 Å². The van der Waals surface area contributed by atoms with Gasteiger partial charge in [0.1, 0.15) is 0 Å². The van der Waals surface area contributed by atoms with E-state index in [0.29, 0.717) is 37.6 Å². The van der Waals surface area contributed by atoms with Crippen molar-refractivity contribution in [3.05, 3.63) is 67.6 Å². The van der Waals surface area contributed by atoms with Crippen LogP contribution in [0.4, 0.5) is 0 Å². The quantitative estimate of drug-likeness (QED) is 0.776. The molecule has 0 heterocycles. The van der Waals surface area contributed by atoms with Gasteiger partial charge in [-0.25, -0.2) is 0 Å². The van der Waals surface area contributed by atoms with Crippen molar-refractivity contribution >= 4 is 46.4 Å². The lowest BCUT2D eigenvalue weighted by atomic mass is 10.0. The van der Waals surface area contributed by atoms with Gasteiger partial charge in [-0.3, -0.25) is 0 Å². The highest BCUT2D eigenvalue weighted by Crippen LogP contribution is 2.31. The molecule has 0 fully saturated rings. The molecule has 1 N–H and O–H groups in total. The molecule has 2 aromatic rings. The topological polar surface area (TPSA) is 20.2 Å². The van der Waals surface area contributed by atoms with Crippen molar-refractivity contribution in [1.82, 2.24) is 0 Å². The van der Waals surface area contributed by atoms with Crippen LogP contribution in [0.3, 0.4) is 0 Å². The Bertz CT molecular complexity index is 557. The Hall–Kier alpha value is -0.440. The normalized spacial score (nSPS) is 12.5. The van der Waals surface area contributed by atoms with E-state index in [2.05, 4.69) is 0 Å². The predicted molar refractivity (Wildman–Crippen MR) is 81.6 cm³/mol. The van der Waals surface area contributed by atoms with Crippen molar-refractivity contribution in [1.29, 1.82) is 0 Å². The highest BCUT2D eigenvalue weighted by molar-refractivity contribution is 6.36. The van der Waals surface area contributed by atoms with Crippen molar-refractivity contribution in [2.45, 2.75) is 12.5 Å². The Morgan fingerprint density at radius 3 is 1.95 bits per heavy atom. The highest BCUT2D eigenvalue weighted by Gasteiger charge is 2.14. The summed E-state index contributed by atoms with van der Waals surface area (Å²) >= 11 is 24.0. The maximum atomic E-state index is 10.2. The van der Waals surface area contributed by atoms with E-state index in [4.69, 9.17) is 46.4 Å². The van der Waals surface area contributed by atoms with E-state index >= 15 is 0 Å². The summed E-state index contributed by atoms with van der Waals surface area (Å²) in [5.74, 6) is 0. The van der Waals surface area contributed by atoms with Crippen LogP contribution in [0.15, 0.2) is 36.4 Å². The molecule has 5 heteroatoms. The van der Waals surface area contributed by atoms with Crippen molar-refractivity contribution in [3.63, 3.8) is 0 Å². The number of hydrogen-bond donors (Lipinski definition) is 1. The first kappa shape index (κ1) is 15.0. The summed E-state index contributed by atoms with van der Waals surface area (Å²) in [7, 11) is 0. The second-order valence-electron chi connectivity index (χ2n) is 4.12. The van der Waals surface area contributed by atoms with Gasteiger partial charge in [-0.1, -0.05) is 52.5 Å². The SMILES string of the molecule is OC(Cc1c(Cl)cccc1Cl)c1cc(Cl)cc(Cl)c1. The summed E-state index contributed by atoms with van der Waals surface area (Å²) in [4.78, 5) is 0. The summed E-state index contributed by atoms with van der Waals surface area (Å²) in [6, 6.07) is 10.2. The third-order valence-electron chi connectivity index (χ3n) is 2.73. The molecular formula is C14H10Cl4O. The van der Waals surface area contributed by atoms with Gasteiger partial charge in [0.25, 0.3) is 0 Å². The zero-order valence-corrected chi connectivity index (χ0v) is 12.7. The van der Waals surface area contributed by atoms with Crippen LogP contribution in [0.25, 0.3) is 0 Å². The molecule has 100 valence electrons. The minimum absolute atomic E-state index is 0.301. The lowest BCUT2D eigenvalue weighted by Crippen LogP contribution is -2.03. The summed E-state index contributed by atoms with van der Waals surface area (Å²) < 4.78 is 0. The molecule has 0 aliphatic heterocycles. The predicted octanol–water partition coefficient (Wildman–Crippen LogP) is 5.58. The third kappa shape index (κ3) is 3.77. The molecule has 0 aliphatic carbocycles. The lowest BCUT2D eigenvalue weighted by Gasteiger charge is -2.14. The van der Waals surface area contributed by atoms with Crippen LogP contribution in [0, 0.1) is 0 Å². The smallest absolute Gasteiger partial charge is 0.0832 e. The van der Waals surface area contributed by atoms with Gasteiger partial charge in [0.15, 0.2) is 0 Å². The molecule has 0 saturated carbocycles. The molecule has 0 aromatic heterocycles. The number of rotatable bonds is 3. The number of hydrogen-bond acceptors (Lipinski definition) is 1. The zero-order valence-electron chi connectivity index (χ0n) is 9.71. The molecule has 0 aliphatic rings. The largest absolute Gasteiger partial charge is 0.388 e. The minimum Gasteiger partial charge on any atom is -0.388 e. The van der Waals surface area contributed by atoms with Gasteiger partial charge in [-0.2, -0.15) is 0 Å². The maximum Gasteiger partial charge on any atom is 0.0832 e. The zero-order chi connectivity index (χ0) is 14.0. The van der Waals surface area contributed by atoms with Crippen LogP contribution in [-0.4, -0.2) is 5.11 Å². The van der Waals surface area contributed by atoms with Crippen LogP contribution in [0.2, 0.25) is 20.1 Å². The lowest BCUT2D eigenvalue weighted by molar-refractivity contribution is 0.178. The maximum absolute atomic E-state index is 10.2. The van der Waals surface area contributed by atoms with Crippen molar-refractivity contribution < 1.29 is 5.11 Å². The highest BCUT2D eigenvalue weighted by atomic mass is 35.5. The van der Waals surface area contributed by atoms with Crippen LogP contribution >= 0.6 is 46.4 Å².